The highest BCUT2D eigenvalue weighted by molar-refractivity contribution is 5.39. The van der Waals surface area contributed by atoms with E-state index in [2.05, 4.69) is 15.0 Å². The number of piperazine rings is 1. The highest BCUT2D eigenvalue weighted by Gasteiger charge is 2.21. The molecule has 0 bridgehead atoms. The van der Waals surface area contributed by atoms with Crippen molar-refractivity contribution in [2.24, 2.45) is 0 Å². The second-order valence-electron chi connectivity index (χ2n) is 7.00. The molecule has 0 aliphatic carbocycles. The van der Waals surface area contributed by atoms with Crippen LogP contribution in [-0.2, 0) is 6.54 Å². The van der Waals surface area contributed by atoms with Crippen LogP contribution in [0.2, 0.25) is 0 Å². The van der Waals surface area contributed by atoms with Crippen LogP contribution in [0.25, 0.3) is 0 Å². The molecular formula is C20H29N3O4. The van der Waals surface area contributed by atoms with Gasteiger partial charge >= 0.3 is 0 Å². The lowest BCUT2D eigenvalue weighted by atomic mass is 10.1. The summed E-state index contributed by atoms with van der Waals surface area (Å²) >= 11 is 0. The fraction of sp³-hybridized carbons (Fsp3) is 0.550. The first kappa shape index (κ1) is 19.7. The lowest BCUT2D eigenvalue weighted by Crippen LogP contribution is -2.48. The van der Waals surface area contributed by atoms with E-state index in [1.807, 2.05) is 38.1 Å². The fourth-order valence-electron chi connectivity index (χ4n) is 3.36. The van der Waals surface area contributed by atoms with Gasteiger partial charge in [0.1, 0.15) is 18.5 Å². The maximum atomic E-state index is 10.3. The topological polar surface area (TPSA) is 71.2 Å². The SMILES string of the molecule is COc1ccccc1OCC(O)CN1CCN(Cc2c(C)noc2C)CC1. The summed E-state index contributed by atoms with van der Waals surface area (Å²) in [4.78, 5) is 4.68. The van der Waals surface area contributed by atoms with Crippen LogP contribution in [0.4, 0.5) is 0 Å². The van der Waals surface area contributed by atoms with Crippen molar-refractivity contribution in [3.05, 3.63) is 41.3 Å². The van der Waals surface area contributed by atoms with Gasteiger partial charge in [0.2, 0.25) is 0 Å². The summed E-state index contributed by atoms with van der Waals surface area (Å²) in [6.45, 7) is 9.45. The van der Waals surface area contributed by atoms with Crippen molar-refractivity contribution in [2.45, 2.75) is 26.5 Å². The number of methoxy groups -OCH3 is 1. The molecule has 0 amide bonds. The Balaban J connectivity index is 1.41. The fourth-order valence-corrected chi connectivity index (χ4v) is 3.36. The highest BCUT2D eigenvalue weighted by Crippen LogP contribution is 2.25. The van der Waals surface area contributed by atoms with Crippen molar-refractivity contribution >= 4 is 0 Å². The number of aryl methyl sites for hydroxylation is 2. The van der Waals surface area contributed by atoms with Crippen molar-refractivity contribution in [1.82, 2.24) is 15.0 Å². The molecule has 1 aliphatic heterocycles. The molecule has 0 spiro atoms. The van der Waals surface area contributed by atoms with E-state index in [0.717, 1.165) is 44.2 Å². The lowest BCUT2D eigenvalue weighted by molar-refractivity contribution is 0.0439. The Hall–Kier alpha value is -2.09. The van der Waals surface area contributed by atoms with E-state index in [1.54, 1.807) is 7.11 Å². The van der Waals surface area contributed by atoms with E-state index >= 15 is 0 Å². The van der Waals surface area contributed by atoms with E-state index in [1.165, 1.54) is 5.56 Å². The Morgan fingerprint density at radius 3 is 2.41 bits per heavy atom. The maximum Gasteiger partial charge on any atom is 0.161 e. The molecule has 148 valence electrons. The third-order valence-electron chi connectivity index (χ3n) is 5.00. The summed E-state index contributed by atoms with van der Waals surface area (Å²) in [5.74, 6) is 2.24. The molecule has 7 nitrogen and oxygen atoms in total. The van der Waals surface area contributed by atoms with Crippen molar-refractivity contribution in [3.63, 3.8) is 0 Å². The zero-order chi connectivity index (χ0) is 19.2. The van der Waals surface area contributed by atoms with Gasteiger partial charge in [-0.25, -0.2) is 0 Å². The molecule has 2 aromatic rings. The van der Waals surface area contributed by atoms with E-state index in [0.29, 0.717) is 18.0 Å². The third-order valence-corrected chi connectivity index (χ3v) is 5.00. The standard InChI is InChI=1S/C20H29N3O4/c1-15-18(16(2)27-21-15)13-23-10-8-22(9-11-23)12-17(24)14-26-20-7-5-4-6-19(20)25-3/h4-7,17,24H,8-14H2,1-3H3. The van der Waals surface area contributed by atoms with E-state index in [9.17, 15) is 5.11 Å². The Morgan fingerprint density at radius 2 is 1.78 bits per heavy atom. The molecule has 3 rings (SSSR count). The van der Waals surface area contributed by atoms with Gasteiger partial charge in [-0.15, -0.1) is 0 Å². The lowest BCUT2D eigenvalue weighted by Gasteiger charge is -2.35. The normalized spacial score (nSPS) is 17.0. The van der Waals surface area contributed by atoms with Crippen LogP contribution in [0.1, 0.15) is 17.0 Å². The third kappa shape index (κ3) is 5.22. The predicted molar refractivity (Wildman–Crippen MR) is 102 cm³/mol. The molecule has 1 fully saturated rings. The van der Waals surface area contributed by atoms with Crippen LogP contribution < -0.4 is 9.47 Å². The molecule has 0 radical (unpaired) electrons. The van der Waals surface area contributed by atoms with Gasteiger partial charge < -0.3 is 19.1 Å². The average Bonchev–Trinajstić information content (AvgIpc) is 3.00. The number of hydrogen-bond acceptors (Lipinski definition) is 7. The Bertz CT molecular complexity index is 706. The summed E-state index contributed by atoms with van der Waals surface area (Å²) in [5, 5.41) is 14.4. The molecular weight excluding hydrogens is 346 g/mol. The van der Waals surface area contributed by atoms with Crippen LogP contribution in [0, 0.1) is 13.8 Å². The summed E-state index contributed by atoms with van der Waals surface area (Å²) in [7, 11) is 1.61. The van der Waals surface area contributed by atoms with Crippen molar-refractivity contribution in [1.29, 1.82) is 0 Å². The first-order valence-electron chi connectivity index (χ1n) is 9.37. The first-order chi connectivity index (χ1) is 13.1. The Labute approximate surface area is 160 Å². The zero-order valence-corrected chi connectivity index (χ0v) is 16.4. The first-order valence-corrected chi connectivity index (χ1v) is 9.37. The van der Waals surface area contributed by atoms with Crippen molar-refractivity contribution in [2.75, 3.05) is 46.4 Å². The van der Waals surface area contributed by atoms with Crippen LogP contribution in [-0.4, -0.2) is 72.6 Å². The van der Waals surface area contributed by atoms with Crippen LogP contribution in [0.15, 0.2) is 28.8 Å². The largest absolute Gasteiger partial charge is 0.493 e. The van der Waals surface area contributed by atoms with Crippen molar-refractivity contribution < 1.29 is 19.1 Å². The molecule has 0 saturated carbocycles. The van der Waals surface area contributed by atoms with Gasteiger partial charge in [0.05, 0.1) is 12.8 Å². The second kappa shape index (κ2) is 9.21. The minimum Gasteiger partial charge on any atom is -0.493 e. The van der Waals surface area contributed by atoms with E-state index in [4.69, 9.17) is 14.0 Å². The van der Waals surface area contributed by atoms with Gasteiger partial charge in [0.15, 0.2) is 11.5 Å². The second-order valence-corrected chi connectivity index (χ2v) is 7.00. The number of β-amino-alcohol motifs (C(OH)–C–C–N with tert-alkyl or cyclic N) is 1. The van der Waals surface area contributed by atoms with Gasteiger partial charge in [-0.2, -0.15) is 0 Å². The van der Waals surface area contributed by atoms with Crippen LogP contribution >= 0.6 is 0 Å². The van der Waals surface area contributed by atoms with Gasteiger partial charge in [-0.05, 0) is 26.0 Å². The molecule has 1 unspecified atom stereocenters. The number of aliphatic hydroxyl groups excluding tert-OH is 1. The number of aliphatic hydroxyl groups is 1. The highest BCUT2D eigenvalue weighted by atomic mass is 16.5. The molecule has 1 aromatic carbocycles. The van der Waals surface area contributed by atoms with E-state index in [-0.39, 0.29) is 6.61 Å². The zero-order valence-electron chi connectivity index (χ0n) is 16.4. The molecule has 1 aromatic heterocycles. The molecule has 1 atom stereocenters. The summed E-state index contributed by atoms with van der Waals surface area (Å²) in [5.41, 5.74) is 2.16. The Kier molecular flexibility index (Phi) is 6.71. The number of para-hydroxylation sites is 2. The van der Waals surface area contributed by atoms with Gasteiger partial charge in [-0.1, -0.05) is 17.3 Å². The van der Waals surface area contributed by atoms with Crippen LogP contribution in [0.5, 0.6) is 11.5 Å². The average molecular weight is 375 g/mol. The number of benzene rings is 1. The minimum atomic E-state index is -0.538. The molecule has 2 heterocycles. The van der Waals surface area contributed by atoms with Crippen molar-refractivity contribution in [3.8, 4) is 11.5 Å². The number of aromatic nitrogens is 1. The number of ether oxygens (including phenoxy) is 2. The van der Waals surface area contributed by atoms with E-state index < -0.39 is 6.10 Å². The maximum absolute atomic E-state index is 10.3. The quantitative estimate of drug-likeness (QED) is 0.755. The predicted octanol–water partition coefficient (Wildman–Crippen LogP) is 1.86. The summed E-state index contributed by atoms with van der Waals surface area (Å²) in [6, 6.07) is 7.48. The number of hydrogen-bond donors (Lipinski definition) is 1. The van der Waals surface area contributed by atoms with Gasteiger partial charge in [0, 0.05) is 44.8 Å². The summed E-state index contributed by atoms with van der Waals surface area (Å²) in [6.07, 6.45) is -0.538. The van der Waals surface area contributed by atoms with Gasteiger partial charge in [-0.3, -0.25) is 9.80 Å². The van der Waals surface area contributed by atoms with Crippen LogP contribution in [0.3, 0.4) is 0 Å². The molecule has 1 saturated heterocycles. The molecule has 1 aliphatic rings. The smallest absolute Gasteiger partial charge is 0.161 e. The monoisotopic (exact) mass is 375 g/mol. The summed E-state index contributed by atoms with van der Waals surface area (Å²) < 4.78 is 16.2. The molecule has 1 N–H and O–H groups in total. The molecule has 7 heteroatoms. The molecule has 27 heavy (non-hydrogen) atoms. The Morgan fingerprint density at radius 1 is 1.11 bits per heavy atom. The minimum absolute atomic E-state index is 0.250. The number of rotatable bonds is 8. The van der Waals surface area contributed by atoms with Gasteiger partial charge in [0.25, 0.3) is 0 Å². The number of nitrogens with zero attached hydrogens (tertiary/aromatic N) is 3.